The summed E-state index contributed by atoms with van der Waals surface area (Å²) in [5, 5.41) is 8.23. The minimum Gasteiger partial charge on any atom is -0.493 e. The van der Waals surface area contributed by atoms with E-state index in [9.17, 15) is 0 Å². The Morgan fingerprint density at radius 3 is 2.42 bits per heavy atom. The molecule has 102 valence electrons. The van der Waals surface area contributed by atoms with Crippen molar-refractivity contribution in [2.75, 3.05) is 14.2 Å². The second-order valence-corrected chi connectivity index (χ2v) is 5.24. The summed E-state index contributed by atoms with van der Waals surface area (Å²) in [5.74, 6) is 2.12. The van der Waals surface area contributed by atoms with Gasteiger partial charge in [-0.15, -0.1) is 10.2 Å². The van der Waals surface area contributed by atoms with Gasteiger partial charge >= 0.3 is 0 Å². The van der Waals surface area contributed by atoms with Crippen LogP contribution in [-0.4, -0.2) is 29.0 Å². The number of hydrogen-bond donors (Lipinski definition) is 0. The highest BCUT2D eigenvalue weighted by Gasteiger charge is 2.22. The maximum absolute atomic E-state index is 5.45. The highest BCUT2D eigenvalue weighted by atomic mass is 16.5. The van der Waals surface area contributed by atoms with Gasteiger partial charge in [-0.25, -0.2) is 0 Å². The first-order valence-corrected chi connectivity index (χ1v) is 6.11. The standard InChI is InChI=1S/C14H19N3O2/c1-14(2,3)17-9-15-16-13(17)10-7-6-8-11(18-4)12(10)19-5/h6-9H,1-5H3. The number of ether oxygens (including phenoxy) is 2. The van der Waals surface area contributed by atoms with Crippen LogP contribution in [-0.2, 0) is 5.54 Å². The Labute approximate surface area is 113 Å². The molecule has 0 unspecified atom stereocenters. The summed E-state index contributed by atoms with van der Waals surface area (Å²) >= 11 is 0. The summed E-state index contributed by atoms with van der Waals surface area (Å²) in [6.07, 6.45) is 1.73. The molecule has 0 saturated carbocycles. The topological polar surface area (TPSA) is 49.2 Å². The van der Waals surface area contributed by atoms with Crippen LogP contribution in [0, 0.1) is 0 Å². The zero-order valence-electron chi connectivity index (χ0n) is 12.0. The van der Waals surface area contributed by atoms with E-state index in [1.165, 1.54) is 0 Å². The van der Waals surface area contributed by atoms with Gasteiger partial charge in [0.05, 0.1) is 19.8 Å². The minimum absolute atomic E-state index is 0.104. The molecule has 2 aromatic rings. The lowest BCUT2D eigenvalue weighted by molar-refractivity contribution is 0.354. The molecular formula is C14H19N3O2. The fourth-order valence-electron chi connectivity index (χ4n) is 1.97. The molecule has 0 bridgehead atoms. The molecule has 1 aromatic carbocycles. The van der Waals surface area contributed by atoms with Crippen LogP contribution in [0.2, 0.25) is 0 Å². The predicted octanol–water partition coefficient (Wildman–Crippen LogP) is 2.72. The first-order chi connectivity index (χ1) is 8.99. The van der Waals surface area contributed by atoms with Gasteiger partial charge in [-0.2, -0.15) is 0 Å². The molecule has 0 radical (unpaired) electrons. The van der Waals surface area contributed by atoms with Crippen LogP contribution in [0.5, 0.6) is 11.5 Å². The third-order valence-corrected chi connectivity index (χ3v) is 2.91. The van der Waals surface area contributed by atoms with E-state index in [4.69, 9.17) is 9.47 Å². The Kier molecular flexibility index (Phi) is 3.46. The van der Waals surface area contributed by atoms with Gasteiger partial charge in [0.15, 0.2) is 17.3 Å². The SMILES string of the molecule is COc1cccc(-c2nncn2C(C)(C)C)c1OC. The van der Waals surface area contributed by atoms with E-state index in [0.717, 1.165) is 11.4 Å². The smallest absolute Gasteiger partial charge is 0.171 e. The largest absolute Gasteiger partial charge is 0.493 e. The third kappa shape index (κ3) is 2.41. The van der Waals surface area contributed by atoms with Crippen molar-refractivity contribution in [3.63, 3.8) is 0 Å². The van der Waals surface area contributed by atoms with Crippen molar-refractivity contribution in [3.05, 3.63) is 24.5 Å². The van der Waals surface area contributed by atoms with Crippen molar-refractivity contribution < 1.29 is 9.47 Å². The number of nitrogens with zero attached hydrogens (tertiary/aromatic N) is 3. The van der Waals surface area contributed by atoms with Crippen LogP contribution >= 0.6 is 0 Å². The van der Waals surface area contributed by atoms with Crippen molar-refractivity contribution in [3.8, 4) is 22.9 Å². The van der Waals surface area contributed by atoms with Crippen LogP contribution in [0.4, 0.5) is 0 Å². The lowest BCUT2D eigenvalue weighted by atomic mass is 10.1. The van der Waals surface area contributed by atoms with Gasteiger partial charge in [0, 0.05) is 5.54 Å². The van der Waals surface area contributed by atoms with Gasteiger partial charge in [-0.05, 0) is 32.9 Å². The molecule has 0 fully saturated rings. The molecule has 1 aromatic heterocycles. The summed E-state index contributed by atoms with van der Waals surface area (Å²) < 4.78 is 12.8. The minimum atomic E-state index is -0.104. The van der Waals surface area contributed by atoms with Gasteiger partial charge in [-0.3, -0.25) is 0 Å². The van der Waals surface area contributed by atoms with E-state index >= 15 is 0 Å². The van der Waals surface area contributed by atoms with E-state index < -0.39 is 0 Å². The van der Waals surface area contributed by atoms with E-state index in [0.29, 0.717) is 11.5 Å². The lowest BCUT2D eigenvalue weighted by Gasteiger charge is -2.23. The van der Waals surface area contributed by atoms with Crippen LogP contribution in [0.25, 0.3) is 11.4 Å². The Morgan fingerprint density at radius 1 is 1.11 bits per heavy atom. The number of hydrogen-bond acceptors (Lipinski definition) is 4. The Morgan fingerprint density at radius 2 is 1.84 bits per heavy atom. The van der Waals surface area contributed by atoms with Gasteiger partial charge in [0.1, 0.15) is 6.33 Å². The van der Waals surface area contributed by atoms with Gasteiger partial charge < -0.3 is 14.0 Å². The molecule has 0 aliphatic carbocycles. The highest BCUT2D eigenvalue weighted by Crippen LogP contribution is 2.37. The molecule has 0 N–H and O–H groups in total. The monoisotopic (exact) mass is 261 g/mol. The average molecular weight is 261 g/mol. The van der Waals surface area contributed by atoms with Crippen molar-refractivity contribution in [2.45, 2.75) is 26.3 Å². The molecule has 0 aliphatic heterocycles. The molecule has 0 aliphatic rings. The summed E-state index contributed by atoms with van der Waals surface area (Å²) in [6, 6.07) is 5.73. The first-order valence-electron chi connectivity index (χ1n) is 6.11. The Bertz CT molecular complexity index is 570. The molecule has 0 atom stereocenters. The summed E-state index contributed by atoms with van der Waals surface area (Å²) in [6.45, 7) is 6.31. The molecule has 19 heavy (non-hydrogen) atoms. The molecule has 0 saturated heterocycles. The van der Waals surface area contributed by atoms with Crippen molar-refractivity contribution in [1.29, 1.82) is 0 Å². The van der Waals surface area contributed by atoms with Crippen LogP contribution in [0.1, 0.15) is 20.8 Å². The van der Waals surface area contributed by atoms with E-state index in [1.807, 2.05) is 22.8 Å². The number of methoxy groups -OCH3 is 2. The van der Waals surface area contributed by atoms with E-state index in [-0.39, 0.29) is 5.54 Å². The fourth-order valence-corrected chi connectivity index (χ4v) is 1.97. The number of aromatic nitrogens is 3. The average Bonchev–Trinajstić information content (AvgIpc) is 2.86. The zero-order valence-corrected chi connectivity index (χ0v) is 12.0. The second-order valence-electron chi connectivity index (χ2n) is 5.24. The fraction of sp³-hybridized carbons (Fsp3) is 0.429. The molecule has 0 amide bonds. The molecule has 2 rings (SSSR count). The molecular weight excluding hydrogens is 242 g/mol. The van der Waals surface area contributed by atoms with Crippen molar-refractivity contribution in [2.24, 2.45) is 0 Å². The summed E-state index contributed by atoms with van der Waals surface area (Å²) in [4.78, 5) is 0. The first kappa shape index (κ1) is 13.4. The van der Waals surface area contributed by atoms with Crippen molar-refractivity contribution >= 4 is 0 Å². The molecule has 5 heteroatoms. The summed E-state index contributed by atoms with van der Waals surface area (Å²) in [7, 11) is 3.25. The van der Waals surface area contributed by atoms with Gasteiger partial charge in [-0.1, -0.05) is 6.07 Å². The van der Waals surface area contributed by atoms with E-state index in [2.05, 4.69) is 31.0 Å². The quantitative estimate of drug-likeness (QED) is 0.852. The number of para-hydroxylation sites is 1. The Hall–Kier alpha value is -2.04. The predicted molar refractivity (Wildman–Crippen MR) is 73.6 cm³/mol. The van der Waals surface area contributed by atoms with Crippen LogP contribution in [0.3, 0.4) is 0 Å². The highest BCUT2D eigenvalue weighted by molar-refractivity contribution is 5.69. The molecule has 1 heterocycles. The van der Waals surface area contributed by atoms with Gasteiger partial charge in [0.25, 0.3) is 0 Å². The molecule has 5 nitrogen and oxygen atoms in total. The normalized spacial score (nSPS) is 11.4. The maximum Gasteiger partial charge on any atom is 0.171 e. The number of benzene rings is 1. The van der Waals surface area contributed by atoms with Crippen molar-refractivity contribution in [1.82, 2.24) is 14.8 Å². The lowest BCUT2D eigenvalue weighted by Crippen LogP contribution is -2.22. The summed E-state index contributed by atoms with van der Waals surface area (Å²) in [5.41, 5.74) is 0.765. The Balaban J connectivity index is 2.63. The number of rotatable bonds is 3. The van der Waals surface area contributed by atoms with Crippen LogP contribution < -0.4 is 9.47 Å². The maximum atomic E-state index is 5.45. The zero-order chi connectivity index (χ0) is 14.0. The third-order valence-electron chi connectivity index (χ3n) is 2.91. The van der Waals surface area contributed by atoms with Crippen LogP contribution in [0.15, 0.2) is 24.5 Å². The molecule has 0 spiro atoms. The second kappa shape index (κ2) is 4.91. The van der Waals surface area contributed by atoms with Gasteiger partial charge in [0.2, 0.25) is 0 Å². The van der Waals surface area contributed by atoms with E-state index in [1.54, 1.807) is 20.5 Å².